The fourth-order valence-corrected chi connectivity index (χ4v) is 4.66. The van der Waals surface area contributed by atoms with Crippen LogP contribution in [0.2, 0.25) is 0 Å². The molecule has 140 valence electrons. The van der Waals surface area contributed by atoms with Crippen LogP contribution in [0.3, 0.4) is 0 Å². The van der Waals surface area contributed by atoms with E-state index < -0.39 is 22.1 Å². The molecule has 2 rings (SSSR count). The molecule has 4 N–H and O–H groups in total. The second-order valence-electron chi connectivity index (χ2n) is 5.17. The zero-order valence-corrected chi connectivity index (χ0v) is 17.0. The van der Waals surface area contributed by atoms with Gasteiger partial charge in [0.25, 0.3) is 15.9 Å². The van der Waals surface area contributed by atoms with Crippen LogP contribution in [-0.2, 0) is 10.0 Å². The summed E-state index contributed by atoms with van der Waals surface area (Å²) in [4.78, 5) is 23.9. The van der Waals surface area contributed by atoms with Crippen LogP contribution >= 0.6 is 27.3 Å². The summed E-state index contributed by atoms with van der Waals surface area (Å²) in [7, 11) is -2.55. The van der Waals surface area contributed by atoms with Crippen molar-refractivity contribution in [2.45, 2.75) is 17.2 Å². The van der Waals surface area contributed by atoms with E-state index in [0.29, 0.717) is 16.2 Å². The van der Waals surface area contributed by atoms with Crippen LogP contribution in [0, 0.1) is 0 Å². The molecule has 0 aliphatic carbocycles. The van der Waals surface area contributed by atoms with Crippen molar-refractivity contribution in [1.29, 1.82) is 0 Å². The minimum absolute atomic E-state index is 0.0764. The lowest BCUT2D eigenvalue weighted by atomic mass is 10.1. The molecular weight excluding hydrogens is 446 g/mol. The van der Waals surface area contributed by atoms with E-state index >= 15 is 0 Å². The van der Waals surface area contributed by atoms with E-state index in [-0.39, 0.29) is 10.1 Å². The second kappa shape index (κ2) is 8.06. The summed E-state index contributed by atoms with van der Waals surface area (Å²) in [5, 5.41) is 2.78. The van der Waals surface area contributed by atoms with Crippen molar-refractivity contribution in [3.63, 3.8) is 0 Å². The number of urea groups is 1. The van der Waals surface area contributed by atoms with Gasteiger partial charge in [0, 0.05) is 9.35 Å². The highest BCUT2D eigenvalue weighted by atomic mass is 79.9. The summed E-state index contributed by atoms with van der Waals surface area (Å²) in [6.07, 6.45) is 0. The number of nitrogens with one attached hydrogen (secondary N) is 2. The Balaban J connectivity index is 2.18. The van der Waals surface area contributed by atoms with E-state index in [0.717, 1.165) is 15.8 Å². The average molecular weight is 462 g/mol. The fraction of sp³-hybridized carbons (Fsp3) is 0.200. The van der Waals surface area contributed by atoms with Crippen molar-refractivity contribution in [2.75, 3.05) is 7.11 Å². The maximum atomic E-state index is 12.5. The summed E-state index contributed by atoms with van der Waals surface area (Å²) in [5.41, 5.74) is 5.20. The van der Waals surface area contributed by atoms with E-state index in [1.54, 1.807) is 35.9 Å². The van der Waals surface area contributed by atoms with Gasteiger partial charge >= 0.3 is 6.03 Å². The highest BCUT2D eigenvalue weighted by Crippen LogP contribution is 2.28. The molecule has 0 saturated heterocycles. The van der Waals surface area contributed by atoms with Gasteiger partial charge in [-0.3, -0.25) is 4.79 Å². The van der Waals surface area contributed by atoms with Gasteiger partial charge in [-0.2, -0.15) is 0 Å². The van der Waals surface area contributed by atoms with E-state index in [4.69, 9.17) is 10.5 Å². The number of ether oxygens (including phenoxy) is 1. The molecule has 0 aliphatic heterocycles. The van der Waals surface area contributed by atoms with Crippen LogP contribution in [0.25, 0.3) is 0 Å². The lowest BCUT2D eigenvalue weighted by Gasteiger charge is -2.14. The summed E-state index contributed by atoms with van der Waals surface area (Å²) in [6, 6.07) is 6.31. The van der Waals surface area contributed by atoms with Gasteiger partial charge in [-0.25, -0.2) is 17.9 Å². The van der Waals surface area contributed by atoms with E-state index in [2.05, 4.69) is 21.2 Å². The quantitative estimate of drug-likeness (QED) is 0.608. The van der Waals surface area contributed by atoms with Gasteiger partial charge in [0.15, 0.2) is 0 Å². The molecule has 0 spiro atoms. The van der Waals surface area contributed by atoms with Gasteiger partial charge in [0.2, 0.25) is 0 Å². The zero-order chi connectivity index (χ0) is 19.5. The molecule has 1 unspecified atom stereocenters. The number of halogens is 1. The molecule has 3 amide bonds. The number of amides is 3. The molecule has 1 atom stereocenters. The molecule has 8 nitrogen and oxygen atoms in total. The highest BCUT2D eigenvalue weighted by molar-refractivity contribution is 9.10. The summed E-state index contributed by atoms with van der Waals surface area (Å²) in [6.45, 7) is 1.71. The monoisotopic (exact) mass is 461 g/mol. The molecule has 0 aliphatic rings. The van der Waals surface area contributed by atoms with Crippen molar-refractivity contribution in [3.05, 3.63) is 45.2 Å². The predicted molar refractivity (Wildman–Crippen MR) is 101 cm³/mol. The predicted octanol–water partition coefficient (Wildman–Crippen LogP) is 2.37. The summed E-state index contributed by atoms with van der Waals surface area (Å²) in [5.74, 6) is 0.0433. The Bertz CT molecular complexity index is 943. The Morgan fingerprint density at radius 1 is 1.27 bits per heavy atom. The van der Waals surface area contributed by atoms with Gasteiger partial charge in [0.05, 0.1) is 18.7 Å². The number of methoxy groups -OCH3 is 1. The molecule has 2 aromatic rings. The third kappa shape index (κ3) is 4.74. The van der Waals surface area contributed by atoms with Crippen LogP contribution in [0.5, 0.6) is 5.75 Å². The maximum absolute atomic E-state index is 12.5. The first-order valence-corrected chi connectivity index (χ1v) is 10.3. The van der Waals surface area contributed by atoms with Crippen molar-refractivity contribution in [1.82, 2.24) is 10.0 Å². The van der Waals surface area contributed by atoms with Crippen LogP contribution in [0.1, 0.15) is 28.2 Å². The van der Waals surface area contributed by atoms with E-state index in [1.807, 2.05) is 0 Å². The minimum atomic E-state index is -4.01. The Kier molecular flexibility index (Phi) is 6.26. The topological polar surface area (TPSA) is 128 Å². The molecule has 0 fully saturated rings. The van der Waals surface area contributed by atoms with E-state index in [9.17, 15) is 18.0 Å². The number of rotatable bonds is 6. The number of hydrogen-bond acceptors (Lipinski definition) is 6. The Morgan fingerprint density at radius 3 is 2.58 bits per heavy atom. The van der Waals surface area contributed by atoms with Gasteiger partial charge in [0.1, 0.15) is 9.96 Å². The molecule has 26 heavy (non-hydrogen) atoms. The summed E-state index contributed by atoms with van der Waals surface area (Å²) >= 11 is 4.23. The molecule has 0 radical (unpaired) electrons. The van der Waals surface area contributed by atoms with E-state index in [1.165, 1.54) is 13.2 Å². The number of sulfonamides is 1. The average Bonchev–Trinajstić information content (AvgIpc) is 3.04. The number of carbonyl (C=O) groups excluding carboxylic acids is 2. The van der Waals surface area contributed by atoms with Crippen molar-refractivity contribution < 1.29 is 22.7 Å². The van der Waals surface area contributed by atoms with Crippen molar-refractivity contribution >= 4 is 49.2 Å². The first-order chi connectivity index (χ1) is 12.1. The highest BCUT2D eigenvalue weighted by Gasteiger charge is 2.22. The fourth-order valence-electron chi connectivity index (χ4n) is 2.10. The number of carbonyl (C=O) groups is 2. The van der Waals surface area contributed by atoms with Crippen LogP contribution in [0.4, 0.5) is 4.79 Å². The minimum Gasteiger partial charge on any atom is -0.496 e. The van der Waals surface area contributed by atoms with Crippen molar-refractivity contribution in [3.8, 4) is 5.75 Å². The smallest absolute Gasteiger partial charge is 0.326 e. The SMILES string of the molecule is COc1ccc(Br)cc1C(=O)NC(C)c1ccc(S(=O)(=O)NC(N)=O)s1. The molecule has 11 heteroatoms. The number of thiophene rings is 1. The molecule has 0 saturated carbocycles. The first kappa shape index (κ1) is 20.2. The number of benzene rings is 1. The molecule has 1 aromatic carbocycles. The van der Waals surface area contributed by atoms with Crippen LogP contribution in [0.15, 0.2) is 39.0 Å². The number of primary amides is 1. The van der Waals surface area contributed by atoms with Crippen LogP contribution < -0.4 is 20.5 Å². The third-order valence-electron chi connectivity index (χ3n) is 3.28. The van der Waals surface area contributed by atoms with Crippen LogP contribution in [-0.4, -0.2) is 27.5 Å². The number of nitrogens with two attached hydrogens (primary N) is 1. The van der Waals surface area contributed by atoms with Gasteiger partial charge in [-0.1, -0.05) is 15.9 Å². The zero-order valence-electron chi connectivity index (χ0n) is 13.8. The molecular formula is C15H16BrN3O5S2. The largest absolute Gasteiger partial charge is 0.496 e. The molecule has 1 heterocycles. The Morgan fingerprint density at radius 2 is 1.96 bits per heavy atom. The van der Waals surface area contributed by atoms with Gasteiger partial charge in [-0.15, -0.1) is 11.3 Å². The molecule has 0 bridgehead atoms. The van der Waals surface area contributed by atoms with Crippen molar-refractivity contribution in [2.24, 2.45) is 5.73 Å². The lowest BCUT2D eigenvalue weighted by Crippen LogP contribution is -2.34. The standard InChI is InChI=1S/C15H16BrN3O5S2/c1-8(12-5-6-13(25-12)26(22,23)19-15(17)21)18-14(20)10-7-9(16)3-4-11(10)24-2/h3-8H,1-2H3,(H,18,20)(H3,17,19,21). The maximum Gasteiger partial charge on any atom is 0.326 e. The lowest BCUT2D eigenvalue weighted by molar-refractivity contribution is 0.0937. The number of hydrogen-bond donors (Lipinski definition) is 3. The van der Waals surface area contributed by atoms with Gasteiger partial charge in [-0.05, 0) is 37.3 Å². The molecule has 1 aromatic heterocycles. The third-order valence-corrected chi connectivity index (χ3v) is 6.88. The van der Waals surface area contributed by atoms with Gasteiger partial charge < -0.3 is 15.8 Å². The normalized spacial score (nSPS) is 12.3. The Hall–Kier alpha value is -2.11. The first-order valence-electron chi connectivity index (χ1n) is 7.20. The summed E-state index contributed by atoms with van der Waals surface area (Å²) < 4.78 is 31.4. The Labute approximate surface area is 162 Å². The second-order valence-corrected chi connectivity index (χ2v) is 9.11.